The number of hydrogen-bond acceptors (Lipinski definition) is 2. The van der Waals surface area contributed by atoms with Gasteiger partial charge in [-0.1, -0.05) is 58.8 Å². The maximum Gasteiger partial charge on any atom is 0.157 e. The fourth-order valence-electron chi connectivity index (χ4n) is 5.28. The van der Waals surface area contributed by atoms with Gasteiger partial charge in [0.05, 0.1) is 13.2 Å². The van der Waals surface area contributed by atoms with Crippen LogP contribution in [-0.4, -0.2) is 19.5 Å². The smallest absolute Gasteiger partial charge is 0.157 e. The largest absolute Gasteiger partial charge is 0.352 e. The first-order valence-corrected chi connectivity index (χ1v) is 11.0. The fraction of sp³-hybridized carbons (Fsp3) is 1.00. The van der Waals surface area contributed by atoms with Gasteiger partial charge in [-0.2, -0.15) is 0 Å². The zero-order chi connectivity index (χ0) is 16.8. The Morgan fingerprint density at radius 3 is 1.42 bits per heavy atom. The van der Waals surface area contributed by atoms with Gasteiger partial charge in [0, 0.05) is 12.3 Å². The minimum Gasteiger partial charge on any atom is -0.352 e. The third-order valence-electron chi connectivity index (χ3n) is 7.32. The van der Waals surface area contributed by atoms with Gasteiger partial charge >= 0.3 is 0 Å². The molecule has 0 amide bonds. The molecular formula is C22H40O2. The summed E-state index contributed by atoms with van der Waals surface area (Å²) in [4.78, 5) is 0. The summed E-state index contributed by atoms with van der Waals surface area (Å²) in [5.74, 6) is 4.58. The van der Waals surface area contributed by atoms with E-state index in [0.29, 0.717) is 5.92 Å². The summed E-state index contributed by atoms with van der Waals surface area (Å²) in [5.41, 5.74) is 0. The molecule has 1 saturated heterocycles. The predicted molar refractivity (Wildman–Crippen MR) is 99.9 cm³/mol. The molecule has 1 aliphatic heterocycles. The lowest BCUT2D eigenvalue weighted by Crippen LogP contribution is -2.33. The fourth-order valence-corrected chi connectivity index (χ4v) is 5.28. The molecule has 0 unspecified atom stereocenters. The van der Waals surface area contributed by atoms with Crippen LogP contribution >= 0.6 is 0 Å². The van der Waals surface area contributed by atoms with Crippen molar-refractivity contribution in [3.8, 4) is 0 Å². The molecular weight excluding hydrogens is 296 g/mol. The summed E-state index contributed by atoms with van der Waals surface area (Å²) in [7, 11) is 0. The highest BCUT2D eigenvalue weighted by atomic mass is 16.7. The van der Waals surface area contributed by atoms with Gasteiger partial charge in [0.15, 0.2) is 6.29 Å². The summed E-state index contributed by atoms with van der Waals surface area (Å²) in [5, 5.41) is 0. The quantitative estimate of drug-likeness (QED) is 0.576. The molecule has 3 rings (SSSR count). The average molecular weight is 337 g/mol. The van der Waals surface area contributed by atoms with E-state index in [4.69, 9.17) is 9.47 Å². The molecule has 140 valence electrons. The topological polar surface area (TPSA) is 18.5 Å². The van der Waals surface area contributed by atoms with Gasteiger partial charge in [-0.05, 0) is 49.4 Å². The molecule has 2 aliphatic carbocycles. The molecule has 0 aromatic rings. The lowest BCUT2D eigenvalue weighted by Gasteiger charge is -2.36. The highest BCUT2D eigenvalue weighted by molar-refractivity contribution is 4.79. The second-order valence-corrected chi connectivity index (χ2v) is 9.02. The lowest BCUT2D eigenvalue weighted by molar-refractivity contribution is -0.209. The number of hydrogen-bond donors (Lipinski definition) is 0. The Kier molecular flexibility index (Phi) is 7.46. The van der Waals surface area contributed by atoms with Crippen LogP contribution in [0.5, 0.6) is 0 Å². The molecule has 3 aliphatic rings. The normalized spacial score (nSPS) is 41.2. The summed E-state index contributed by atoms with van der Waals surface area (Å²) in [6, 6.07) is 0. The first-order valence-electron chi connectivity index (χ1n) is 11.0. The molecule has 24 heavy (non-hydrogen) atoms. The summed E-state index contributed by atoms with van der Waals surface area (Å²) in [6.45, 7) is 6.43. The Bertz CT molecular complexity index is 298. The van der Waals surface area contributed by atoms with Gasteiger partial charge in [-0.15, -0.1) is 0 Å². The van der Waals surface area contributed by atoms with Crippen LogP contribution in [0.2, 0.25) is 0 Å². The van der Waals surface area contributed by atoms with Crippen molar-refractivity contribution in [2.45, 2.75) is 97.2 Å². The van der Waals surface area contributed by atoms with E-state index in [-0.39, 0.29) is 6.29 Å². The minimum atomic E-state index is 0.0960. The molecule has 3 fully saturated rings. The zero-order valence-electron chi connectivity index (χ0n) is 16.2. The molecule has 2 nitrogen and oxygen atoms in total. The maximum absolute atomic E-state index is 5.93. The monoisotopic (exact) mass is 336 g/mol. The summed E-state index contributed by atoms with van der Waals surface area (Å²) in [6.07, 6.45) is 17.1. The molecule has 0 spiro atoms. The first kappa shape index (κ1) is 18.7. The Hall–Kier alpha value is -0.0800. The van der Waals surface area contributed by atoms with E-state index in [9.17, 15) is 0 Å². The van der Waals surface area contributed by atoms with Gasteiger partial charge in [0.1, 0.15) is 0 Å². The molecule has 0 bridgehead atoms. The molecule has 0 atom stereocenters. The number of rotatable bonds is 6. The summed E-state index contributed by atoms with van der Waals surface area (Å²) >= 11 is 0. The van der Waals surface area contributed by atoms with Crippen LogP contribution in [0, 0.1) is 29.6 Å². The molecule has 0 radical (unpaired) electrons. The second-order valence-electron chi connectivity index (χ2n) is 9.02. The summed E-state index contributed by atoms with van der Waals surface area (Å²) < 4.78 is 11.9. The maximum atomic E-state index is 5.93. The van der Waals surface area contributed by atoms with E-state index >= 15 is 0 Å². The molecule has 2 saturated carbocycles. The Morgan fingerprint density at radius 2 is 0.958 bits per heavy atom. The third kappa shape index (κ3) is 5.46. The second kappa shape index (κ2) is 9.57. The Balaban J connectivity index is 1.30. The molecule has 0 aromatic heterocycles. The average Bonchev–Trinajstić information content (AvgIpc) is 2.65. The number of ether oxygens (including phenoxy) is 2. The Morgan fingerprint density at radius 1 is 0.542 bits per heavy atom. The molecule has 2 heteroatoms. The van der Waals surface area contributed by atoms with Gasteiger partial charge in [-0.25, -0.2) is 0 Å². The van der Waals surface area contributed by atoms with E-state index in [1.807, 2.05) is 0 Å². The predicted octanol–water partition coefficient (Wildman–Crippen LogP) is 6.19. The van der Waals surface area contributed by atoms with Crippen molar-refractivity contribution in [3.05, 3.63) is 0 Å². The highest BCUT2D eigenvalue weighted by Gasteiger charge is 2.29. The van der Waals surface area contributed by atoms with Gasteiger partial charge in [0.25, 0.3) is 0 Å². The minimum absolute atomic E-state index is 0.0960. The van der Waals surface area contributed by atoms with Crippen molar-refractivity contribution < 1.29 is 9.47 Å². The van der Waals surface area contributed by atoms with Crippen LogP contribution in [0.4, 0.5) is 0 Å². The zero-order valence-corrected chi connectivity index (χ0v) is 16.2. The molecule has 0 aromatic carbocycles. The van der Waals surface area contributed by atoms with E-state index < -0.39 is 0 Å². The van der Waals surface area contributed by atoms with Crippen LogP contribution in [-0.2, 0) is 9.47 Å². The van der Waals surface area contributed by atoms with Crippen molar-refractivity contribution in [2.24, 2.45) is 29.6 Å². The molecule has 1 heterocycles. The standard InChI is InChI=1S/C22H40O2/c1-3-17-5-7-19(8-6-17)13-20-9-11-21(12-10-20)14-22-23-15-18(4-2)16-24-22/h17-22H,3-16H2,1-2H3. The van der Waals surface area contributed by atoms with E-state index in [1.165, 1.54) is 70.6 Å². The first-order chi connectivity index (χ1) is 11.8. The van der Waals surface area contributed by atoms with Crippen LogP contribution in [0.15, 0.2) is 0 Å². The van der Waals surface area contributed by atoms with Gasteiger partial charge in [-0.3, -0.25) is 0 Å². The van der Waals surface area contributed by atoms with Crippen LogP contribution in [0.25, 0.3) is 0 Å². The third-order valence-corrected chi connectivity index (χ3v) is 7.32. The van der Waals surface area contributed by atoms with Crippen molar-refractivity contribution in [1.29, 1.82) is 0 Å². The van der Waals surface area contributed by atoms with Crippen molar-refractivity contribution in [2.75, 3.05) is 13.2 Å². The van der Waals surface area contributed by atoms with E-state index in [2.05, 4.69) is 13.8 Å². The van der Waals surface area contributed by atoms with Crippen molar-refractivity contribution in [3.63, 3.8) is 0 Å². The highest BCUT2D eigenvalue weighted by Crippen LogP contribution is 2.40. The van der Waals surface area contributed by atoms with Crippen LogP contribution < -0.4 is 0 Å². The molecule has 0 N–H and O–H groups in total. The lowest BCUT2D eigenvalue weighted by atomic mass is 9.72. The van der Waals surface area contributed by atoms with E-state index in [0.717, 1.165) is 43.3 Å². The van der Waals surface area contributed by atoms with Gasteiger partial charge < -0.3 is 9.47 Å². The Labute approximate surface area is 150 Å². The van der Waals surface area contributed by atoms with Crippen molar-refractivity contribution in [1.82, 2.24) is 0 Å². The van der Waals surface area contributed by atoms with E-state index in [1.54, 1.807) is 0 Å². The van der Waals surface area contributed by atoms with Crippen LogP contribution in [0.1, 0.15) is 90.9 Å². The van der Waals surface area contributed by atoms with Crippen molar-refractivity contribution >= 4 is 0 Å². The SMILES string of the molecule is CCC1CCC(CC2CCC(CC3OCC(CC)CO3)CC2)CC1. The van der Waals surface area contributed by atoms with Crippen LogP contribution in [0.3, 0.4) is 0 Å². The van der Waals surface area contributed by atoms with Gasteiger partial charge in [0.2, 0.25) is 0 Å².